The minimum absolute atomic E-state index is 0.0249. The average Bonchev–Trinajstić information content (AvgIpc) is 2.38. The normalized spacial score (nSPS) is 9.94. The smallest absolute Gasteiger partial charge is 0.354 e. The van der Waals surface area contributed by atoms with E-state index in [1.54, 1.807) is 6.07 Å². The van der Waals surface area contributed by atoms with Gasteiger partial charge in [-0.2, -0.15) is 0 Å². The van der Waals surface area contributed by atoms with Gasteiger partial charge in [-0.25, -0.2) is 9.78 Å². The molecule has 4 heteroatoms. The lowest BCUT2D eigenvalue weighted by molar-refractivity contribution is 0.0691. The highest BCUT2D eigenvalue weighted by Crippen LogP contribution is 2.23. The fraction of sp³-hybridized carbons (Fsp3) is 0.143. The molecule has 0 saturated carbocycles. The van der Waals surface area contributed by atoms with Crippen LogP contribution in [0.15, 0.2) is 30.3 Å². The Kier molecular flexibility index (Phi) is 3.44. The van der Waals surface area contributed by atoms with Gasteiger partial charge in [0, 0.05) is 24.0 Å². The molecule has 18 heavy (non-hydrogen) atoms. The van der Waals surface area contributed by atoms with E-state index in [2.05, 4.69) is 16.2 Å². The predicted molar refractivity (Wildman–Crippen MR) is 70.6 cm³/mol. The van der Waals surface area contributed by atoms with Crippen LogP contribution in [-0.2, 0) is 0 Å². The molecule has 0 saturated heterocycles. The number of carboxylic acids is 1. The second-order valence-electron chi connectivity index (χ2n) is 3.76. The van der Waals surface area contributed by atoms with Crippen LogP contribution in [0.5, 0.6) is 0 Å². The number of carbonyl (C=O) groups is 1. The molecule has 2 N–H and O–H groups in total. The molecule has 1 aromatic carbocycles. The van der Waals surface area contributed by atoms with Crippen molar-refractivity contribution in [2.24, 2.45) is 0 Å². The lowest BCUT2D eigenvalue weighted by atomic mass is 10.1. The Hall–Kier alpha value is -2.54. The van der Waals surface area contributed by atoms with Crippen molar-refractivity contribution in [1.29, 1.82) is 0 Å². The third-order valence-corrected chi connectivity index (χ3v) is 2.52. The number of nitrogens with one attached hydrogen (secondary N) is 1. The zero-order valence-electron chi connectivity index (χ0n) is 9.68. The molecule has 0 amide bonds. The SMILES string of the molecule is C#CCCNc1cc(C(=O)O)nc2ccccc12. The number of rotatable bonds is 4. The summed E-state index contributed by atoms with van der Waals surface area (Å²) < 4.78 is 0. The number of anilines is 1. The molecule has 2 rings (SSSR count). The van der Waals surface area contributed by atoms with Crippen molar-refractivity contribution in [2.75, 3.05) is 11.9 Å². The van der Waals surface area contributed by atoms with Gasteiger partial charge in [-0.05, 0) is 12.1 Å². The number of pyridine rings is 1. The number of hydrogen-bond acceptors (Lipinski definition) is 3. The van der Waals surface area contributed by atoms with Gasteiger partial charge in [-0.3, -0.25) is 0 Å². The number of para-hydroxylation sites is 1. The minimum atomic E-state index is -1.04. The van der Waals surface area contributed by atoms with Crippen molar-refractivity contribution < 1.29 is 9.90 Å². The maximum Gasteiger partial charge on any atom is 0.354 e. The van der Waals surface area contributed by atoms with E-state index >= 15 is 0 Å². The zero-order chi connectivity index (χ0) is 13.0. The highest BCUT2D eigenvalue weighted by atomic mass is 16.4. The summed E-state index contributed by atoms with van der Waals surface area (Å²) in [6, 6.07) is 8.92. The summed E-state index contributed by atoms with van der Waals surface area (Å²) in [6.07, 6.45) is 5.77. The summed E-state index contributed by atoms with van der Waals surface area (Å²) in [7, 11) is 0. The van der Waals surface area contributed by atoms with Crippen LogP contribution in [-0.4, -0.2) is 22.6 Å². The molecule has 0 aliphatic heterocycles. The molecular weight excluding hydrogens is 228 g/mol. The van der Waals surface area contributed by atoms with Crippen LogP contribution in [0.3, 0.4) is 0 Å². The number of aromatic nitrogens is 1. The Morgan fingerprint density at radius 3 is 2.94 bits per heavy atom. The highest BCUT2D eigenvalue weighted by molar-refractivity contribution is 5.97. The number of carboxylic acid groups (broad SMARTS) is 1. The van der Waals surface area contributed by atoms with Gasteiger partial charge in [-0.1, -0.05) is 18.2 Å². The van der Waals surface area contributed by atoms with Crippen molar-refractivity contribution in [3.8, 4) is 12.3 Å². The van der Waals surface area contributed by atoms with Crippen LogP contribution in [0.25, 0.3) is 10.9 Å². The Balaban J connectivity index is 2.47. The van der Waals surface area contributed by atoms with Crippen LogP contribution >= 0.6 is 0 Å². The van der Waals surface area contributed by atoms with Crippen LogP contribution in [0.1, 0.15) is 16.9 Å². The molecule has 2 aromatic rings. The maximum absolute atomic E-state index is 11.0. The van der Waals surface area contributed by atoms with Gasteiger partial charge >= 0.3 is 5.97 Å². The molecule has 0 bridgehead atoms. The lowest BCUT2D eigenvalue weighted by Gasteiger charge is -2.09. The number of hydrogen-bond donors (Lipinski definition) is 2. The third-order valence-electron chi connectivity index (χ3n) is 2.52. The zero-order valence-corrected chi connectivity index (χ0v) is 9.68. The quantitative estimate of drug-likeness (QED) is 0.636. The molecule has 0 aliphatic carbocycles. The molecule has 0 radical (unpaired) electrons. The van der Waals surface area contributed by atoms with Crippen molar-refractivity contribution in [2.45, 2.75) is 6.42 Å². The fourth-order valence-electron chi connectivity index (χ4n) is 1.70. The molecule has 0 fully saturated rings. The van der Waals surface area contributed by atoms with Gasteiger partial charge in [0.25, 0.3) is 0 Å². The predicted octanol–water partition coefficient (Wildman–Crippen LogP) is 2.37. The number of aromatic carboxylic acids is 1. The van der Waals surface area contributed by atoms with Crippen LogP contribution in [0.2, 0.25) is 0 Å². The van der Waals surface area contributed by atoms with E-state index in [1.165, 1.54) is 6.07 Å². The Labute approximate surface area is 105 Å². The van der Waals surface area contributed by atoms with E-state index < -0.39 is 5.97 Å². The molecule has 0 aliphatic rings. The van der Waals surface area contributed by atoms with Crippen molar-refractivity contribution in [3.63, 3.8) is 0 Å². The Morgan fingerprint density at radius 2 is 2.22 bits per heavy atom. The van der Waals surface area contributed by atoms with Crippen LogP contribution in [0, 0.1) is 12.3 Å². The molecule has 0 unspecified atom stereocenters. The van der Waals surface area contributed by atoms with Gasteiger partial charge in [0.05, 0.1) is 5.52 Å². The summed E-state index contributed by atoms with van der Waals surface area (Å²) in [4.78, 5) is 15.1. The first-order valence-electron chi connectivity index (χ1n) is 5.53. The van der Waals surface area contributed by atoms with Gasteiger partial charge in [0.2, 0.25) is 0 Å². The Bertz CT molecular complexity index is 629. The largest absolute Gasteiger partial charge is 0.477 e. The van der Waals surface area contributed by atoms with E-state index in [4.69, 9.17) is 11.5 Å². The molecule has 90 valence electrons. The van der Waals surface area contributed by atoms with E-state index in [-0.39, 0.29) is 5.69 Å². The number of terminal acetylenes is 1. The second-order valence-corrected chi connectivity index (χ2v) is 3.76. The first-order chi connectivity index (χ1) is 8.72. The molecule has 1 aromatic heterocycles. The first-order valence-corrected chi connectivity index (χ1v) is 5.53. The number of nitrogens with zero attached hydrogens (tertiary/aromatic N) is 1. The average molecular weight is 240 g/mol. The van der Waals surface area contributed by atoms with Crippen LogP contribution < -0.4 is 5.32 Å². The molecule has 0 spiro atoms. The molecule has 0 atom stereocenters. The molecular formula is C14H12N2O2. The standard InChI is InChI=1S/C14H12N2O2/c1-2-3-8-15-12-9-13(14(17)18)16-11-7-5-4-6-10(11)12/h1,4-7,9H,3,8H2,(H,15,16)(H,17,18). The number of fused-ring (bicyclic) bond motifs is 1. The van der Waals surface area contributed by atoms with E-state index in [0.29, 0.717) is 18.5 Å². The summed E-state index contributed by atoms with van der Waals surface area (Å²) in [5.74, 6) is 1.49. The monoisotopic (exact) mass is 240 g/mol. The van der Waals surface area contributed by atoms with Gasteiger partial charge in [0.1, 0.15) is 0 Å². The maximum atomic E-state index is 11.0. The van der Waals surface area contributed by atoms with E-state index in [1.807, 2.05) is 18.2 Å². The topological polar surface area (TPSA) is 62.2 Å². The van der Waals surface area contributed by atoms with Crippen LogP contribution in [0.4, 0.5) is 5.69 Å². The second kappa shape index (κ2) is 5.19. The van der Waals surface area contributed by atoms with Crippen molar-refractivity contribution >= 4 is 22.6 Å². The van der Waals surface area contributed by atoms with Gasteiger partial charge in [-0.15, -0.1) is 12.3 Å². The van der Waals surface area contributed by atoms with Gasteiger partial charge < -0.3 is 10.4 Å². The van der Waals surface area contributed by atoms with E-state index in [0.717, 1.165) is 11.1 Å². The summed E-state index contributed by atoms with van der Waals surface area (Å²) in [6.45, 7) is 0.601. The van der Waals surface area contributed by atoms with Crippen molar-refractivity contribution in [3.05, 3.63) is 36.0 Å². The third kappa shape index (κ3) is 2.41. The number of benzene rings is 1. The molecule has 1 heterocycles. The summed E-state index contributed by atoms with van der Waals surface area (Å²) >= 11 is 0. The van der Waals surface area contributed by atoms with Crippen molar-refractivity contribution in [1.82, 2.24) is 4.98 Å². The summed E-state index contributed by atoms with van der Waals surface area (Å²) in [5.41, 5.74) is 1.42. The van der Waals surface area contributed by atoms with E-state index in [9.17, 15) is 4.79 Å². The minimum Gasteiger partial charge on any atom is -0.477 e. The highest BCUT2D eigenvalue weighted by Gasteiger charge is 2.09. The Morgan fingerprint density at radius 1 is 1.44 bits per heavy atom. The lowest BCUT2D eigenvalue weighted by Crippen LogP contribution is -2.06. The van der Waals surface area contributed by atoms with Gasteiger partial charge in [0.15, 0.2) is 5.69 Å². The molecule has 4 nitrogen and oxygen atoms in total. The first kappa shape index (κ1) is 11.9. The summed E-state index contributed by atoms with van der Waals surface area (Å²) in [5, 5.41) is 13.0. The fourth-order valence-corrected chi connectivity index (χ4v) is 1.70.